The van der Waals surface area contributed by atoms with E-state index < -0.39 is 0 Å². The number of methoxy groups -OCH3 is 1. The van der Waals surface area contributed by atoms with Gasteiger partial charge in [0.05, 0.1) is 28.5 Å². The van der Waals surface area contributed by atoms with Crippen molar-refractivity contribution in [1.82, 2.24) is 9.78 Å². The van der Waals surface area contributed by atoms with Crippen LogP contribution < -0.4 is 5.73 Å². The zero-order valence-electron chi connectivity index (χ0n) is 12.7. The fourth-order valence-electron chi connectivity index (χ4n) is 3.32. The van der Waals surface area contributed by atoms with Gasteiger partial charge in [-0.25, -0.2) is 0 Å². The summed E-state index contributed by atoms with van der Waals surface area (Å²) < 4.78 is 8.76. The number of nitrogens with two attached hydrogens (primary N) is 1. The van der Waals surface area contributed by atoms with E-state index in [0.717, 1.165) is 10.2 Å². The summed E-state index contributed by atoms with van der Waals surface area (Å²) >= 11 is 3.59. The van der Waals surface area contributed by atoms with Crippen molar-refractivity contribution in [2.45, 2.75) is 64.1 Å². The number of hydrogen-bond donors (Lipinski definition) is 1. The molecule has 1 saturated carbocycles. The monoisotopic (exact) mass is 343 g/mol. The van der Waals surface area contributed by atoms with Crippen LogP contribution in [0.3, 0.4) is 0 Å². The normalized spacial score (nSPS) is 20.3. The molecule has 114 valence electrons. The maximum Gasteiger partial charge on any atom is 0.0807 e. The number of aromatic nitrogens is 2. The molecule has 2 atom stereocenters. The lowest BCUT2D eigenvalue weighted by atomic mass is 9.82. The minimum Gasteiger partial charge on any atom is -0.379 e. The smallest absolute Gasteiger partial charge is 0.0807 e. The van der Waals surface area contributed by atoms with Gasteiger partial charge in [-0.1, -0.05) is 19.3 Å². The Kier molecular flexibility index (Phi) is 5.64. The second-order valence-corrected chi connectivity index (χ2v) is 6.89. The largest absolute Gasteiger partial charge is 0.379 e. The molecule has 4 nitrogen and oxygen atoms in total. The van der Waals surface area contributed by atoms with Gasteiger partial charge in [0.1, 0.15) is 0 Å². The summed E-state index contributed by atoms with van der Waals surface area (Å²) in [6.07, 6.45) is 8.28. The van der Waals surface area contributed by atoms with Gasteiger partial charge in [-0.2, -0.15) is 5.10 Å². The van der Waals surface area contributed by atoms with Crippen LogP contribution in [0, 0.1) is 5.92 Å². The first-order valence-electron chi connectivity index (χ1n) is 7.57. The molecule has 0 amide bonds. The van der Waals surface area contributed by atoms with Gasteiger partial charge in [0.2, 0.25) is 0 Å². The van der Waals surface area contributed by atoms with Crippen molar-refractivity contribution < 1.29 is 4.74 Å². The molecular formula is C15H26BrN3O. The van der Waals surface area contributed by atoms with Crippen molar-refractivity contribution >= 4 is 15.9 Å². The molecule has 2 unspecified atom stereocenters. The Bertz CT molecular complexity index is 427. The molecule has 0 spiro atoms. The fourth-order valence-corrected chi connectivity index (χ4v) is 3.86. The Morgan fingerprint density at radius 2 is 2.00 bits per heavy atom. The van der Waals surface area contributed by atoms with Crippen molar-refractivity contribution in [3.05, 3.63) is 16.4 Å². The van der Waals surface area contributed by atoms with E-state index in [9.17, 15) is 0 Å². The third kappa shape index (κ3) is 3.26. The zero-order chi connectivity index (χ0) is 14.7. The van der Waals surface area contributed by atoms with Gasteiger partial charge in [-0.05, 0) is 48.5 Å². The molecule has 0 saturated heterocycles. The van der Waals surface area contributed by atoms with E-state index in [-0.39, 0.29) is 12.1 Å². The van der Waals surface area contributed by atoms with Gasteiger partial charge in [0.25, 0.3) is 0 Å². The first-order chi connectivity index (χ1) is 9.56. The fraction of sp³-hybridized carbons (Fsp3) is 0.800. The van der Waals surface area contributed by atoms with Crippen molar-refractivity contribution in [1.29, 1.82) is 0 Å². The Hall–Kier alpha value is -0.390. The Labute approximate surface area is 130 Å². The highest BCUT2D eigenvalue weighted by molar-refractivity contribution is 9.10. The lowest BCUT2D eigenvalue weighted by molar-refractivity contribution is 0.0149. The zero-order valence-corrected chi connectivity index (χ0v) is 14.3. The predicted molar refractivity (Wildman–Crippen MR) is 84.6 cm³/mol. The van der Waals surface area contributed by atoms with Crippen LogP contribution in [0.1, 0.15) is 63.7 Å². The minimum atomic E-state index is -0.137. The summed E-state index contributed by atoms with van der Waals surface area (Å²) in [5.41, 5.74) is 7.60. The van der Waals surface area contributed by atoms with E-state index in [1.54, 1.807) is 7.11 Å². The van der Waals surface area contributed by atoms with Crippen LogP contribution in [0.2, 0.25) is 0 Å². The summed E-state index contributed by atoms with van der Waals surface area (Å²) in [6.45, 7) is 4.25. The van der Waals surface area contributed by atoms with Crippen LogP contribution in [0.15, 0.2) is 10.7 Å². The van der Waals surface area contributed by atoms with Crippen LogP contribution in [-0.2, 0) is 4.74 Å². The topological polar surface area (TPSA) is 53.1 Å². The van der Waals surface area contributed by atoms with Gasteiger partial charge < -0.3 is 10.5 Å². The average Bonchev–Trinajstić information content (AvgIpc) is 2.82. The second kappa shape index (κ2) is 7.05. The number of nitrogens with zero attached hydrogens (tertiary/aromatic N) is 2. The lowest BCUT2D eigenvalue weighted by Crippen LogP contribution is -2.37. The Morgan fingerprint density at radius 1 is 1.35 bits per heavy atom. The average molecular weight is 344 g/mol. The first kappa shape index (κ1) is 16.0. The van der Waals surface area contributed by atoms with Gasteiger partial charge in [0.15, 0.2) is 0 Å². The molecule has 1 heterocycles. The van der Waals surface area contributed by atoms with Gasteiger partial charge in [-0.3, -0.25) is 4.68 Å². The van der Waals surface area contributed by atoms with Crippen LogP contribution in [-0.4, -0.2) is 23.0 Å². The van der Waals surface area contributed by atoms with Crippen LogP contribution >= 0.6 is 15.9 Å². The molecule has 1 aromatic rings. The standard InChI is InChI=1S/C15H26BrN3O/c1-10(2)19-14(12(16)9-18-19)13(17)15(20-3)11-7-5-4-6-8-11/h9-11,13,15H,4-8,17H2,1-3H3. The maximum absolute atomic E-state index is 6.55. The van der Waals surface area contributed by atoms with E-state index in [1.165, 1.54) is 32.1 Å². The summed E-state index contributed by atoms with van der Waals surface area (Å²) in [7, 11) is 1.78. The third-order valence-electron chi connectivity index (χ3n) is 4.33. The van der Waals surface area contributed by atoms with Gasteiger partial charge >= 0.3 is 0 Å². The Morgan fingerprint density at radius 3 is 2.55 bits per heavy atom. The summed E-state index contributed by atoms with van der Waals surface area (Å²) in [5.74, 6) is 0.561. The highest BCUT2D eigenvalue weighted by atomic mass is 79.9. The molecule has 1 fully saturated rings. The van der Waals surface area contributed by atoms with Crippen LogP contribution in [0.4, 0.5) is 0 Å². The minimum absolute atomic E-state index is 0.0702. The van der Waals surface area contributed by atoms with E-state index in [1.807, 2.05) is 10.9 Å². The molecule has 0 radical (unpaired) electrons. The summed E-state index contributed by atoms with van der Waals surface area (Å²) in [5, 5.41) is 4.43. The number of rotatable bonds is 5. The summed E-state index contributed by atoms with van der Waals surface area (Å²) in [6, 6.07) is 0.161. The van der Waals surface area contributed by atoms with Crippen molar-refractivity contribution in [3.63, 3.8) is 0 Å². The molecule has 1 aliphatic carbocycles. The third-order valence-corrected chi connectivity index (χ3v) is 4.94. The molecule has 2 rings (SSSR count). The summed E-state index contributed by atoms with van der Waals surface area (Å²) in [4.78, 5) is 0. The lowest BCUT2D eigenvalue weighted by Gasteiger charge is -2.33. The molecule has 20 heavy (non-hydrogen) atoms. The number of ether oxygens (including phenoxy) is 1. The van der Waals surface area contributed by atoms with E-state index in [0.29, 0.717) is 12.0 Å². The molecule has 1 aliphatic rings. The molecule has 2 N–H and O–H groups in total. The maximum atomic E-state index is 6.55. The van der Waals surface area contributed by atoms with Crippen LogP contribution in [0.5, 0.6) is 0 Å². The van der Waals surface area contributed by atoms with E-state index in [4.69, 9.17) is 10.5 Å². The Balaban J connectivity index is 2.23. The SMILES string of the molecule is COC(C1CCCCC1)C(N)c1c(Br)cnn1C(C)C. The van der Waals surface area contributed by atoms with Crippen molar-refractivity contribution in [2.24, 2.45) is 11.7 Å². The number of hydrogen-bond acceptors (Lipinski definition) is 3. The van der Waals surface area contributed by atoms with Gasteiger partial charge in [0, 0.05) is 13.2 Å². The van der Waals surface area contributed by atoms with E-state index >= 15 is 0 Å². The first-order valence-corrected chi connectivity index (χ1v) is 8.36. The predicted octanol–water partition coefficient (Wildman–Crippen LogP) is 3.82. The van der Waals surface area contributed by atoms with Gasteiger partial charge in [-0.15, -0.1) is 0 Å². The molecule has 0 bridgehead atoms. The number of halogens is 1. The highest BCUT2D eigenvalue weighted by Gasteiger charge is 2.32. The molecule has 0 aromatic carbocycles. The molecule has 0 aliphatic heterocycles. The quantitative estimate of drug-likeness (QED) is 0.883. The van der Waals surface area contributed by atoms with Crippen molar-refractivity contribution in [2.75, 3.05) is 7.11 Å². The highest BCUT2D eigenvalue weighted by Crippen LogP contribution is 2.35. The van der Waals surface area contributed by atoms with Crippen LogP contribution in [0.25, 0.3) is 0 Å². The molecule has 1 aromatic heterocycles. The van der Waals surface area contributed by atoms with Crippen molar-refractivity contribution in [3.8, 4) is 0 Å². The molecular weight excluding hydrogens is 318 g/mol. The van der Waals surface area contributed by atoms with E-state index in [2.05, 4.69) is 34.9 Å². The molecule has 5 heteroatoms. The second-order valence-electron chi connectivity index (χ2n) is 6.04.